The Morgan fingerprint density at radius 2 is 1.56 bits per heavy atom. The van der Waals surface area contributed by atoms with Gasteiger partial charge in [-0.1, -0.05) is 36.4 Å². The lowest BCUT2D eigenvalue weighted by molar-refractivity contribution is 0.0938. The van der Waals surface area contributed by atoms with Crippen molar-refractivity contribution in [2.24, 2.45) is 11.8 Å². The molecule has 176 valence electrons. The first-order valence-electron chi connectivity index (χ1n) is 13.1. The first kappa shape index (κ1) is 21.8. The lowest BCUT2D eigenvalue weighted by atomic mass is 9.81. The van der Waals surface area contributed by atoms with Crippen LogP contribution in [0.4, 0.5) is 0 Å². The van der Waals surface area contributed by atoms with Gasteiger partial charge in [0.1, 0.15) is 0 Å². The van der Waals surface area contributed by atoms with Crippen LogP contribution in [0.25, 0.3) is 10.9 Å². The number of amides is 1. The van der Waals surface area contributed by atoms with Crippen LogP contribution in [-0.4, -0.2) is 28.9 Å². The van der Waals surface area contributed by atoms with Gasteiger partial charge in [-0.3, -0.25) is 14.7 Å². The average Bonchev–Trinajstić information content (AvgIpc) is 3.39. The van der Waals surface area contributed by atoms with E-state index in [4.69, 9.17) is 0 Å². The molecule has 2 aliphatic heterocycles. The van der Waals surface area contributed by atoms with Crippen LogP contribution in [0.15, 0.2) is 48.5 Å². The summed E-state index contributed by atoms with van der Waals surface area (Å²) < 4.78 is 0. The number of aryl methyl sites for hydroxylation is 2. The molecular formula is C30H35N3O. The molecule has 0 radical (unpaired) electrons. The van der Waals surface area contributed by atoms with Gasteiger partial charge in [0, 0.05) is 41.8 Å². The monoisotopic (exact) mass is 453 g/mol. The summed E-state index contributed by atoms with van der Waals surface area (Å²) >= 11 is 0. The van der Waals surface area contributed by atoms with E-state index in [9.17, 15) is 4.79 Å². The molecule has 4 nitrogen and oxygen atoms in total. The Kier molecular flexibility index (Phi) is 5.65. The Balaban J connectivity index is 1.03. The fourth-order valence-electron chi connectivity index (χ4n) is 6.80. The summed E-state index contributed by atoms with van der Waals surface area (Å²) in [6.45, 7) is 6.07. The largest absolute Gasteiger partial charge is 0.352 e. The summed E-state index contributed by atoms with van der Waals surface area (Å²) in [4.78, 5) is 20.5. The van der Waals surface area contributed by atoms with Gasteiger partial charge in [0.2, 0.25) is 0 Å². The van der Waals surface area contributed by atoms with Crippen LogP contribution in [-0.2, 0) is 0 Å². The summed E-state index contributed by atoms with van der Waals surface area (Å²) in [5.74, 6) is 1.41. The van der Waals surface area contributed by atoms with Gasteiger partial charge in [-0.05, 0) is 93.0 Å². The number of carbonyl (C=O) groups is 1. The Labute approximate surface area is 202 Å². The minimum atomic E-state index is 0.0317. The van der Waals surface area contributed by atoms with Crippen LogP contribution in [0.3, 0.4) is 0 Å². The third-order valence-electron chi connectivity index (χ3n) is 8.66. The van der Waals surface area contributed by atoms with Crippen LogP contribution >= 0.6 is 0 Å². The van der Waals surface area contributed by atoms with Gasteiger partial charge in [0.05, 0.1) is 5.52 Å². The van der Waals surface area contributed by atoms with Gasteiger partial charge in [-0.25, -0.2) is 0 Å². The Hall–Kier alpha value is -2.72. The van der Waals surface area contributed by atoms with Gasteiger partial charge in [0.15, 0.2) is 0 Å². The lowest BCUT2D eigenvalue weighted by Gasteiger charge is -2.33. The van der Waals surface area contributed by atoms with Crippen molar-refractivity contribution in [2.75, 3.05) is 13.1 Å². The lowest BCUT2D eigenvalue weighted by Crippen LogP contribution is -2.34. The molecule has 34 heavy (non-hydrogen) atoms. The highest BCUT2D eigenvalue weighted by molar-refractivity contribution is 6.06. The zero-order chi connectivity index (χ0) is 23.2. The molecule has 0 unspecified atom stereocenters. The third-order valence-corrected chi connectivity index (χ3v) is 8.66. The number of rotatable bonds is 5. The van der Waals surface area contributed by atoms with E-state index in [0.717, 1.165) is 40.2 Å². The number of hydrogen-bond acceptors (Lipinski definition) is 3. The minimum absolute atomic E-state index is 0.0317. The van der Waals surface area contributed by atoms with Crippen molar-refractivity contribution in [3.8, 4) is 0 Å². The summed E-state index contributed by atoms with van der Waals surface area (Å²) in [7, 11) is 0. The fraction of sp³-hybridized carbons (Fsp3) is 0.467. The molecule has 1 saturated carbocycles. The normalized spacial score (nSPS) is 26.1. The summed E-state index contributed by atoms with van der Waals surface area (Å²) in [5, 5.41) is 4.19. The Morgan fingerprint density at radius 3 is 2.26 bits per heavy atom. The van der Waals surface area contributed by atoms with Crippen molar-refractivity contribution >= 4 is 16.8 Å². The topological polar surface area (TPSA) is 45.2 Å². The molecular weight excluding hydrogens is 418 g/mol. The Bertz CT molecular complexity index is 1200. The molecule has 1 amide bonds. The van der Waals surface area contributed by atoms with Gasteiger partial charge >= 0.3 is 0 Å². The van der Waals surface area contributed by atoms with E-state index in [1.54, 1.807) is 11.1 Å². The summed E-state index contributed by atoms with van der Waals surface area (Å²) in [5.41, 5.74) is 6.95. The van der Waals surface area contributed by atoms with Gasteiger partial charge < -0.3 is 5.32 Å². The number of carbonyl (C=O) groups excluding carboxylic acids is 1. The second-order valence-electron chi connectivity index (χ2n) is 10.8. The quantitative estimate of drug-likeness (QED) is 0.494. The molecule has 1 aliphatic carbocycles. The molecule has 2 fully saturated rings. The number of hydrogen-bond donors (Lipinski definition) is 1. The zero-order valence-corrected chi connectivity index (χ0v) is 20.4. The second kappa shape index (κ2) is 8.81. The van der Waals surface area contributed by atoms with Gasteiger partial charge in [-0.15, -0.1) is 0 Å². The van der Waals surface area contributed by atoms with Crippen LogP contribution < -0.4 is 5.32 Å². The fourth-order valence-corrected chi connectivity index (χ4v) is 6.80. The predicted octanol–water partition coefficient (Wildman–Crippen LogP) is 6.28. The van der Waals surface area contributed by atoms with Crippen LogP contribution in [0.1, 0.15) is 83.4 Å². The van der Waals surface area contributed by atoms with Crippen molar-refractivity contribution in [1.29, 1.82) is 0 Å². The third kappa shape index (κ3) is 3.82. The van der Waals surface area contributed by atoms with Crippen molar-refractivity contribution in [1.82, 2.24) is 15.2 Å². The van der Waals surface area contributed by atoms with E-state index in [-0.39, 0.29) is 5.91 Å². The summed E-state index contributed by atoms with van der Waals surface area (Å²) in [6.07, 6.45) is 7.65. The highest BCUT2D eigenvalue weighted by Crippen LogP contribution is 2.53. The van der Waals surface area contributed by atoms with Crippen molar-refractivity contribution < 1.29 is 4.79 Å². The van der Waals surface area contributed by atoms with E-state index in [1.807, 2.05) is 31.2 Å². The number of fused-ring (bicyclic) bond motifs is 6. The molecule has 3 aromatic rings. The second-order valence-corrected chi connectivity index (χ2v) is 10.8. The molecule has 0 spiro atoms. The smallest absolute Gasteiger partial charge is 0.251 e. The van der Waals surface area contributed by atoms with E-state index in [0.29, 0.717) is 18.0 Å². The highest BCUT2D eigenvalue weighted by Gasteiger charge is 2.44. The molecule has 1 aromatic heterocycles. The maximum absolute atomic E-state index is 13.0. The molecule has 1 N–H and O–H groups in total. The van der Waals surface area contributed by atoms with E-state index < -0.39 is 0 Å². The van der Waals surface area contributed by atoms with Crippen molar-refractivity contribution in [3.63, 3.8) is 0 Å². The first-order valence-corrected chi connectivity index (χ1v) is 13.1. The van der Waals surface area contributed by atoms with Crippen molar-refractivity contribution in [3.05, 3.63) is 76.5 Å². The molecule has 4 heteroatoms. The predicted molar refractivity (Wildman–Crippen MR) is 137 cm³/mol. The summed E-state index contributed by atoms with van der Waals surface area (Å²) in [6, 6.07) is 18.4. The number of nitrogens with one attached hydrogen (secondary N) is 1. The SMILES string of the molecule is Cc1ccc2c(C(=O)NCC3CCC(CN4[C@H]5CC[C@H]4c4ccccc45)CC3)ccc(C)c2n1. The first-order chi connectivity index (χ1) is 16.6. The van der Waals surface area contributed by atoms with Crippen LogP contribution in [0.5, 0.6) is 0 Å². The zero-order valence-electron chi connectivity index (χ0n) is 20.4. The van der Waals surface area contributed by atoms with Gasteiger partial charge in [-0.2, -0.15) is 0 Å². The Morgan fingerprint density at radius 1 is 0.882 bits per heavy atom. The molecule has 3 aliphatic rings. The maximum atomic E-state index is 13.0. The molecule has 1 saturated heterocycles. The molecule has 3 heterocycles. The number of nitrogens with zero attached hydrogens (tertiary/aromatic N) is 2. The number of pyridine rings is 1. The molecule has 6 rings (SSSR count). The average molecular weight is 454 g/mol. The highest BCUT2D eigenvalue weighted by atomic mass is 16.1. The molecule has 2 bridgehead atoms. The number of benzene rings is 2. The van der Waals surface area contributed by atoms with Crippen molar-refractivity contribution in [2.45, 2.75) is 64.5 Å². The van der Waals surface area contributed by atoms with E-state index >= 15 is 0 Å². The van der Waals surface area contributed by atoms with E-state index in [1.165, 1.54) is 45.1 Å². The van der Waals surface area contributed by atoms with E-state index in [2.05, 4.69) is 46.4 Å². The van der Waals surface area contributed by atoms with Crippen LogP contribution in [0.2, 0.25) is 0 Å². The molecule has 2 aromatic carbocycles. The van der Waals surface area contributed by atoms with Gasteiger partial charge in [0.25, 0.3) is 5.91 Å². The maximum Gasteiger partial charge on any atom is 0.251 e. The minimum Gasteiger partial charge on any atom is -0.352 e. The van der Waals surface area contributed by atoms with Crippen LogP contribution in [0, 0.1) is 25.7 Å². The molecule has 2 atom stereocenters. The standard InChI is InChI=1S/C30H35N3O/c1-19-7-13-26(25-14-8-20(2)32-29(19)25)30(34)31-17-21-9-11-22(12-10-21)18-33-27-15-16-28(33)24-6-4-3-5-23(24)27/h3-8,13-14,21-22,27-28H,9-12,15-18H2,1-2H3,(H,31,34)/t21?,22?,27-,28-/m0/s1. The number of aromatic nitrogens is 1.